The number of ether oxygens (including phenoxy) is 1. The number of nitrogens with zero attached hydrogens (tertiary/aromatic N) is 1. The van der Waals surface area contributed by atoms with E-state index in [-0.39, 0.29) is 5.91 Å². The van der Waals surface area contributed by atoms with E-state index in [0.717, 1.165) is 60.6 Å². The lowest BCUT2D eigenvalue weighted by atomic mass is 10.1. The first-order valence-corrected chi connectivity index (χ1v) is 10.6. The van der Waals surface area contributed by atoms with Crippen molar-refractivity contribution >= 4 is 35.0 Å². The summed E-state index contributed by atoms with van der Waals surface area (Å²) < 4.78 is 5.37. The highest BCUT2D eigenvalue weighted by Gasteiger charge is 2.10. The number of thioether (sulfide) groups is 1. The highest BCUT2D eigenvalue weighted by atomic mass is 35.5. The molecule has 1 aliphatic rings. The molecule has 0 unspecified atom stereocenters. The van der Waals surface area contributed by atoms with Crippen LogP contribution in [0.4, 0.5) is 5.69 Å². The van der Waals surface area contributed by atoms with Crippen LogP contribution in [0.2, 0.25) is 5.02 Å². The molecular formula is C21H25ClN2O2S. The number of benzene rings is 2. The fourth-order valence-corrected chi connectivity index (χ4v) is 3.86. The van der Waals surface area contributed by atoms with Crippen molar-refractivity contribution in [1.29, 1.82) is 0 Å². The third-order valence-electron chi connectivity index (χ3n) is 4.47. The zero-order chi connectivity index (χ0) is 18.9. The van der Waals surface area contributed by atoms with E-state index in [1.807, 2.05) is 36.4 Å². The largest absolute Gasteiger partial charge is 0.379 e. The molecule has 1 fully saturated rings. The summed E-state index contributed by atoms with van der Waals surface area (Å²) in [5.74, 6) is 0.781. The van der Waals surface area contributed by atoms with Crippen molar-refractivity contribution < 1.29 is 9.53 Å². The third kappa shape index (κ3) is 7.18. The summed E-state index contributed by atoms with van der Waals surface area (Å²) in [6.45, 7) is 4.75. The molecule has 1 saturated heterocycles. The van der Waals surface area contributed by atoms with Crippen molar-refractivity contribution in [3.8, 4) is 0 Å². The number of hydrogen-bond acceptors (Lipinski definition) is 4. The van der Waals surface area contributed by atoms with Gasteiger partial charge in [-0.15, -0.1) is 11.8 Å². The van der Waals surface area contributed by atoms with Gasteiger partial charge in [0, 0.05) is 47.4 Å². The predicted molar refractivity (Wildman–Crippen MR) is 113 cm³/mol. The van der Waals surface area contributed by atoms with E-state index in [9.17, 15) is 4.79 Å². The smallest absolute Gasteiger partial charge is 0.225 e. The molecule has 2 aromatic carbocycles. The topological polar surface area (TPSA) is 41.6 Å². The molecule has 2 aromatic rings. The maximum atomic E-state index is 12.1. The number of anilines is 1. The van der Waals surface area contributed by atoms with E-state index >= 15 is 0 Å². The molecule has 1 amide bonds. The second-order valence-electron chi connectivity index (χ2n) is 6.50. The lowest BCUT2D eigenvalue weighted by Crippen LogP contribution is -2.37. The Morgan fingerprint density at radius 1 is 1.07 bits per heavy atom. The van der Waals surface area contributed by atoms with E-state index in [4.69, 9.17) is 16.3 Å². The Labute approximate surface area is 170 Å². The van der Waals surface area contributed by atoms with E-state index in [1.54, 1.807) is 11.8 Å². The number of amides is 1. The predicted octanol–water partition coefficient (Wildman–Crippen LogP) is 4.34. The zero-order valence-electron chi connectivity index (χ0n) is 15.3. The molecule has 27 heavy (non-hydrogen) atoms. The van der Waals surface area contributed by atoms with Crippen molar-refractivity contribution in [3.05, 3.63) is 59.1 Å². The number of morpholine rings is 1. The van der Waals surface area contributed by atoms with Gasteiger partial charge in [0.2, 0.25) is 5.91 Å². The van der Waals surface area contributed by atoms with Crippen molar-refractivity contribution in [2.24, 2.45) is 0 Å². The second-order valence-corrected chi connectivity index (χ2v) is 8.11. The molecule has 1 N–H and O–H groups in total. The zero-order valence-corrected chi connectivity index (χ0v) is 16.9. The number of nitrogens with one attached hydrogen (secondary N) is 1. The van der Waals surface area contributed by atoms with Gasteiger partial charge in [-0.2, -0.15) is 0 Å². The number of rotatable bonds is 8. The summed E-state index contributed by atoms with van der Waals surface area (Å²) in [6.07, 6.45) is 1.50. The molecule has 0 atom stereocenters. The van der Waals surface area contributed by atoms with Crippen LogP contribution >= 0.6 is 23.4 Å². The lowest BCUT2D eigenvalue weighted by molar-refractivity contribution is -0.115. The maximum Gasteiger partial charge on any atom is 0.225 e. The van der Waals surface area contributed by atoms with Crippen LogP contribution in [0.1, 0.15) is 12.0 Å². The van der Waals surface area contributed by atoms with Gasteiger partial charge in [0.1, 0.15) is 0 Å². The molecule has 6 heteroatoms. The molecule has 3 rings (SSSR count). The van der Waals surface area contributed by atoms with Crippen LogP contribution in [0.25, 0.3) is 0 Å². The van der Waals surface area contributed by atoms with Gasteiger partial charge in [-0.3, -0.25) is 9.69 Å². The summed E-state index contributed by atoms with van der Waals surface area (Å²) in [4.78, 5) is 15.7. The highest BCUT2D eigenvalue weighted by Crippen LogP contribution is 2.21. The Bertz CT molecular complexity index is 716. The normalized spacial score (nSPS) is 14.9. The molecule has 0 radical (unpaired) electrons. The van der Waals surface area contributed by atoms with E-state index in [2.05, 4.69) is 22.3 Å². The molecule has 144 valence electrons. The number of carbonyl (C=O) groups excluding carboxylic acids is 1. The van der Waals surface area contributed by atoms with Gasteiger partial charge < -0.3 is 10.1 Å². The molecule has 0 aliphatic carbocycles. The third-order valence-corrected chi connectivity index (χ3v) is 5.74. The summed E-state index contributed by atoms with van der Waals surface area (Å²) >= 11 is 7.53. The summed E-state index contributed by atoms with van der Waals surface area (Å²) in [5, 5.41) is 3.70. The monoisotopic (exact) mass is 404 g/mol. The molecule has 1 aliphatic heterocycles. The van der Waals surface area contributed by atoms with E-state index in [1.165, 1.54) is 5.56 Å². The van der Waals surface area contributed by atoms with Gasteiger partial charge in [0.15, 0.2) is 0 Å². The standard InChI is InChI=1S/C21H25ClN2O2S/c22-18-3-7-20(8-4-18)27-16-10-21(25)23-19-5-1-17(2-6-19)9-11-24-12-14-26-15-13-24/h1-8H,9-16H2,(H,23,25). The minimum atomic E-state index is 0.0394. The lowest BCUT2D eigenvalue weighted by Gasteiger charge is -2.26. The molecule has 0 bridgehead atoms. The molecule has 1 heterocycles. The van der Waals surface area contributed by atoms with E-state index in [0.29, 0.717) is 6.42 Å². The van der Waals surface area contributed by atoms with Crippen LogP contribution in [0, 0.1) is 0 Å². The number of halogens is 1. The van der Waals surface area contributed by atoms with Gasteiger partial charge >= 0.3 is 0 Å². The average molecular weight is 405 g/mol. The van der Waals surface area contributed by atoms with Crippen LogP contribution < -0.4 is 5.32 Å². The van der Waals surface area contributed by atoms with E-state index < -0.39 is 0 Å². The van der Waals surface area contributed by atoms with Gasteiger partial charge in [-0.05, 0) is 48.4 Å². The Hall–Kier alpha value is -1.53. The van der Waals surface area contributed by atoms with Crippen LogP contribution in [-0.2, 0) is 16.0 Å². The van der Waals surface area contributed by atoms with Gasteiger partial charge in [-0.1, -0.05) is 23.7 Å². The molecule has 4 nitrogen and oxygen atoms in total. The second kappa shape index (κ2) is 10.7. The van der Waals surface area contributed by atoms with Gasteiger partial charge in [0.25, 0.3) is 0 Å². The highest BCUT2D eigenvalue weighted by molar-refractivity contribution is 7.99. The quantitative estimate of drug-likeness (QED) is 0.664. The first-order chi connectivity index (χ1) is 13.2. The molecule has 0 saturated carbocycles. The molecule has 0 spiro atoms. The van der Waals surface area contributed by atoms with Crippen molar-refractivity contribution in [3.63, 3.8) is 0 Å². The van der Waals surface area contributed by atoms with Crippen molar-refractivity contribution in [2.45, 2.75) is 17.7 Å². The van der Waals surface area contributed by atoms with Crippen LogP contribution in [-0.4, -0.2) is 49.4 Å². The minimum Gasteiger partial charge on any atom is -0.379 e. The summed E-state index contributed by atoms with van der Waals surface area (Å²) in [7, 11) is 0. The fraction of sp³-hybridized carbons (Fsp3) is 0.381. The van der Waals surface area contributed by atoms with Crippen LogP contribution in [0.5, 0.6) is 0 Å². The Morgan fingerprint density at radius 2 is 1.78 bits per heavy atom. The summed E-state index contributed by atoms with van der Waals surface area (Å²) in [5.41, 5.74) is 2.14. The minimum absolute atomic E-state index is 0.0394. The fourth-order valence-electron chi connectivity index (χ4n) is 2.88. The molecular weight excluding hydrogens is 380 g/mol. The number of carbonyl (C=O) groups is 1. The number of hydrogen-bond donors (Lipinski definition) is 1. The first-order valence-electron chi connectivity index (χ1n) is 9.26. The molecule has 0 aromatic heterocycles. The van der Waals surface area contributed by atoms with Crippen molar-refractivity contribution in [1.82, 2.24) is 4.90 Å². The Morgan fingerprint density at radius 3 is 2.48 bits per heavy atom. The summed E-state index contributed by atoms with van der Waals surface area (Å²) in [6, 6.07) is 15.8. The first kappa shape index (κ1) is 20.2. The average Bonchev–Trinajstić information content (AvgIpc) is 2.70. The van der Waals surface area contributed by atoms with Gasteiger partial charge in [0.05, 0.1) is 13.2 Å². The SMILES string of the molecule is O=C(CCSc1ccc(Cl)cc1)Nc1ccc(CCN2CCOCC2)cc1. The van der Waals surface area contributed by atoms with Crippen LogP contribution in [0.15, 0.2) is 53.4 Å². The van der Waals surface area contributed by atoms with Crippen molar-refractivity contribution in [2.75, 3.05) is 43.9 Å². The Kier molecular flexibility index (Phi) is 8.02. The maximum absolute atomic E-state index is 12.1. The Balaban J connectivity index is 1.36. The van der Waals surface area contributed by atoms with Crippen LogP contribution in [0.3, 0.4) is 0 Å². The van der Waals surface area contributed by atoms with Gasteiger partial charge in [-0.25, -0.2) is 0 Å².